The lowest BCUT2D eigenvalue weighted by Gasteiger charge is -2.23. The van der Waals surface area contributed by atoms with Gasteiger partial charge in [0.25, 0.3) is 0 Å². The molecule has 2 N–H and O–H groups in total. The Bertz CT molecular complexity index is 377. The third kappa shape index (κ3) is 4.63. The number of rotatable bonds is 3. The van der Waals surface area contributed by atoms with Crippen LogP contribution in [0.3, 0.4) is 0 Å². The Hall–Kier alpha value is -1.13. The minimum atomic E-state index is -0.273. The highest BCUT2D eigenvalue weighted by molar-refractivity contribution is 5.85. The van der Waals surface area contributed by atoms with E-state index in [4.69, 9.17) is 0 Å². The molecule has 1 aromatic carbocycles. The van der Waals surface area contributed by atoms with Crippen LogP contribution >= 0.6 is 12.4 Å². The lowest BCUT2D eigenvalue weighted by molar-refractivity contribution is -0.121. The zero-order valence-electron chi connectivity index (χ0n) is 10.1. The molecular weight excluding hydrogens is 255 g/mol. The molecule has 1 amide bonds. The summed E-state index contributed by atoms with van der Waals surface area (Å²) in [4.78, 5) is 11.7. The van der Waals surface area contributed by atoms with Crippen molar-refractivity contribution in [1.82, 2.24) is 10.6 Å². The highest BCUT2D eigenvalue weighted by Crippen LogP contribution is 2.05. The summed E-state index contributed by atoms with van der Waals surface area (Å²) in [7, 11) is 0. The predicted molar refractivity (Wildman–Crippen MR) is 71.4 cm³/mol. The van der Waals surface area contributed by atoms with Crippen LogP contribution in [-0.4, -0.2) is 25.0 Å². The van der Waals surface area contributed by atoms with Crippen molar-refractivity contribution < 1.29 is 9.18 Å². The zero-order valence-corrected chi connectivity index (χ0v) is 10.9. The Balaban J connectivity index is 0.00000162. The van der Waals surface area contributed by atoms with E-state index in [2.05, 4.69) is 10.6 Å². The molecule has 2 rings (SSSR count). The van der Waals surface area contributed by atoms with E-state index in [1.807, 2.05) is 0 Å². The van der Waals surface area contributed by atoms with E-state index in [1.54, 1.807) is 12.1 Å². The second-order valence-electron chi connectivity index (χ2n) is 4.41. The van der Waals surface area contributed by atoms with Gasteiger partial charge < -0.3 is 10.6 Å². The third-order valence-corrected chi connectivity index (χ3v) is 2.94. The van der Waals surface area contributed by atoms with Crippen molar-refractivity contribution in [3.8, 4) is 0 Å². The number of halogens is 2. The molecule has 0 aromatic heterocycles. The van der Waals surface area contributed by atoms with Gasteiger partial charge in [-0.05, 0) is 37.1 Å². The number of benzene rings is 1. The number of hydrogen-bond donors (Lipinski definition) is 2. The van der Waals surface area contributed by atoms with Crippen LogP contribution in [0.2, 0.25) is 0 Å². The van der Waals surface area contributed by atoms with Gasteiger partial charge in [-0.3, -0.25) is 4.79 Å². The minimum Gasteiger partial charge on any atom is -0.352 e. The summed E-state index contributed by atoms with van der Waals surface area (Å²) in [5, 5.41) is 6.23. The molecule has 0 spiro atoms. The average molecular weight is 273 g/mol. The molecule has 1 atom stereocenters. The van der Waals surface area contributed by atoms with Crippen LogP contribution in [0.1, 0.15) is 18.4 Å². The minimum absolute atomic E-state index is 0. The van der Waals surface area contributed by atoms with E-state index < -0.39 is 0 Å². The molecule has 1 fully saturated rings. The summed E-state index contributed by atoms with van der Waals surface area (Å²) < 4.78 is 12.7. The molecule has 0 saturated carbocycles. The Morgan fingerprint density at radius 2 is 2.11 bits per heavy atom. The van der Waals surface area contributed by atoms with Gasteiger partial charge in [0, 0.05) is 12.6 Å². The summed E-state index contributed by atoms with van der Waals surface area (Å²) >= 11 is 0. The highest BCUT2D eigenvalue weighted by Gasteiger charge is 2.15. The first-order valence-electron chi connectivity index (χ1n) is 5.98. The molecule has 0 aliphatic carbocycles. The maximum atomic E-state index is 12.7. The van der Waals surface area contributed by atoms with E-state index in [0.29, 0.717) is 6.42 Å². The molecule has 1 saturated heterocycles. The first-order chi connectivity index (χ1) is 8.24. The molecule has 3 nitrogen and oxygen atoms in total. The molecule has 0 radical (unpaired) electrons. The van der Waals surface area contributed by atoms with Gasteiger partial charge in [-0.25, -0.2) is 4.39 Å². The van der Waals surface area contributed by atoms with Crippen molar-refractivity contribution in [2.45, 2.75) is 25.3 Å². The maximum Gasteiger partial charge on any atom is 0.224 e. The summed E-state index contributed by atoms with van der Waals surface area (Å²) in [5.41, 5.74) is 0.840. The predicted octanol–water partition coefficient (Wildman–Crippen LogP) is 1.66. The molecule has 0 unspecified atom stereocenters. The average Bonchev–Trinajstić information content (AvgIpc) is 2.33. The van der Waals surface area contributed by atoms with Crippen molar-refractivity contribution in [2.75, 3.05) is 13.1 Å². The zero-order chi connectivity index (χ0) is 12.1. The summed E-state index contributed by atoms with van der Waals surface area (Å²) in [5.74, 6) is -0.268. The van der Waals surface area contributed by atoms with Crippen molar-refractivity contribution >= 4 is 18.3 Å². The lowest BCUT2D eigenvalue weighted by Crippen LogP contribution is -2.46. The largest absolute Gasteiger partial charge is 0.352 e. The number of amides is 1. The van der Waals surface area contributed by atoms with Crippen LogP contribution < -0.4 is 10.6 Å². The number of nitrogens with one attached hydrogen (secondary N) is 2. The molecule has 18 heavy (non-hydrogen) atoms. The van der Waals surface area contributed by atoms with Crippen LogP contribution in [0.15, 0.2) is 24.3 Å². The lowest BCUT2D eigenvalue weighted by atomic mass is 10.1. The van der Waals surface area contributed by atoms with Gasteiger partial charge >= 0.3 is 0 Å². The number of piperidine rings is 1. The normalized spacial score (nSPS) is 18.8. The SMILES string of the molecule is Cl.O=C(Cc1ccc(F)cc1)N[C@H]1CCCNC1. The molecular formula is C13H18ClFN2O. The van der Waals surface area contributed by atoms with Gasteiger partial charge in [0.15, 0.2) is 0 Å². The first-order valence-corrected chi connectivity index (χ1v) is 5.98. The fraction of sp³-hybridized carbons (Fsp3) is 0.462. The topological polar surface area (TPSA) is 41.1 Å². The van der Waals surface area contributed by atoms with Crippen LogP contribution in [-0.2, 0) is 11.2 Å². The van der Waals surface area contributed by atoms with Gasteiger partial charge in [0.2, 0.25) is 5.91 Å². The molecule has 5 heteroatoms. The molecule has 1 aliphatic heterocycles. The Morgan fingerprint density at radius 3 is 2.72 bits per heavy atom. The second kappa shape index (κ2) is 7.34. The Kier molecular flexibility index (Phi) is 6.09. The van der Waals surface area contributed by atoms with E-state index in [-0.39, 0.29) is 30.2 Å². The quantitative estimate of drug-likeness (QED) is 0.879. The molecule has 100 valence electrons. The first kappa shape index (κ1) is 14.9. The van der Waals surface area contributed by atoms with E-state index >= 15 is 0 Å². The van der Waals surface area contributed by atoms with Gasteiger partial charge in [-0.1, -0.05) is 12.1 Å². The van der Waals surface area contributed by atoms with E-state index in [0.717, 1.165) is 31.5 Å². The highest BCUT2D eigenvalue weighted by atomic mass is 35.5. The van der Waals surface area contributed by atoms with E-state index in [9.17, 15) is 9.18 Å². The molecule has 1 aromatic rings. The van der Waals surface area contributed by atoms with Gasteiger partial charge in [-0.15, -0.1) is 12.4 Å². The summed E-state index contributed by atoms with van der Waals surface area (Å²) in [6.45, 7) is 1.87. The van der Waals surface area contributed by atoms with Crippen LogP contribution in [0.4, 0.5) is 4.39 Å². The number of carbonyl (C=O) groups is 1. The van der Waals surface area contributed by atoms with Gasteiger partial charge in [0.05, 0.1) is 6.42 Å². The fourth-order valence-electron chi connectivity index (χ4n) is 2.04. The summed E-state index contributed by atoms with van der Waals surface area (Å²) in [6.07, 6.45) is 2.44. The Morgan fingerprint density at radius 1 is 1.39 bits per heavy atom. The molecule has 1 heterocycles. The van der Waals surface area contributed by atoms with Crippen LogP contribution in [0.25, 0.3) is 0 Å². The van der Waals surface area contributed by atoms with Gasteiger partial charge in [0.1, 0.15) is 5.82 Å². The molecule has 0 bridgehead atoms. The molecule has 1 aliphatic rings. The standard InChI is InChI=1S/C13H17FN2O.ClH/c14-11-5-3-10(4-6-11)8-13(17)16-12-2-1-7-15-9-12;/h3-6,12,15H,1-2,7-9H2,(H,16,17);1H/t12-;/m0./s1. The van der Waals surface area contributed by atoms with Crippen LogP contribution in [0.5, 0.6) is 0 Å². The van der Waals surface area contributed by atoms with E-state index in [1.165, 1.54) is 12.1 Å². The van der Waals surface area contributed by atoms with Crippen molar-refractivity contribution in [1.29, 1.82) is 0 Å². The summed E-state index contributed by atoms with van der Waals surface area (Å²) in [6, 6.07) is 6.29. The van der Waals surface area contributed by atoms with Crippen LogP contribution in [0, 0.1) is 5.82 Å². The third-order valence-electron chi connectivity index (χ3n) is 2.94. The second-order valence-corrected chi connectivity index (χ2v) is 4.41. The van der Waals surface area contributed by atoms with Gasteiger partial charge in [-0.2, -0.15) is 0 Å². The Labute approximate surface area is 113 Å². The fourth-order valence-corrected chi connectivity index (χ4v) is 2.04. The monoisotopic (exact) mass is 272 g/mol. The maximum absolute atomic E-state index is 12.7. The van der Waals surface area contributed by atoms with Crippen molar-refractivity contribution in [2.24, 2.45) is 0 Å². The van der Waals surface area contributed by atoms with Crippen molar-refractivity contribution in [3.05, 3.63) is 35.6 Å². The number of hydrogen-bond acceptors (Lipinski definition) is 2. The van der Waals surface area contributed by atoms with Crippen molar-refractivity contribution in [3.63, 3.8) is 0 Å². The number of carbonyl (C=O) groups excluding carboxylic acids is 1. The smallest absolute Gasteiger partial charge is 0.224 e.